The fraction of sp³-hybridized carbons (Fsp3) is 0.522. The predicted octanol–water partition coefficient (Wildman–Crippen LogP) is 3.92. The summed E-state index contributed by atoms with van der Waals surface area (Å²) >= 11 is 1.76. The van der Waals surface area contributed by atoms with Crippen LogP contribution in [0.15, 0.2) is 18.6 Å². The molecule has 5 rings (SSSR count). The minimum Gasteiger partial charge on any atom is -0.383 e. The van der Waals surface area contributed by atoms with Crippen LogP contribution < -0.4 is 4.90 Å². The molecule has 8 nitrogen and oxygen atoms in total. The highest BCUT2D eigenvalue weighted by molar-refractivity contribution is 7.21. The summed E-state index contributed by atoms with van der Waals surface area (Å²) in [5, 5.41) is 5.46. The van der Waals surface area contributed by atoms with Gasteiger partial charge in [0.05, 0.1) is 12.3 Å². The summed E-state index contributed by atoms with van der Waals surface area (Å²) in [7, 11) is 1.77. The van der Waals surface area contributed by atoms with Crippen molar-refractivity contribution in [3.05, 3.63) is 29.7 Å². The maximum Gasteiger partial charge on any atom is 0.188 e. The lowest BCUT2D eigenvalue weighted by Crippen LogP contribution is -2.52. The second kappa shape index (κ2) is 8.46. The molecule has 4 aromatic heterocycles. The van der Waals surface area contributed by atoms with Gasteiger partial charge in [0.1, 0.15) is 16.7 Å². The van der Waals surface area contributed by atoms with Gasteiger partial charge in [-0.1, -0.05) is 25.2 Å². The first-order chi connectivity index (χ1) is 15.5. The van der Waals surface area contributed by atoms with Gasteiger partial charge in [-0.3, -0.25) is 4.90 Å². The molecule has 0 aromatic carbocycles. The number of fused-ring (bicyclic) bond motifs is 2. The topological polar surface area (TPSA) is 74.6 Å². The molecule has 1 aliphatic rings. The fourth-order valence-corrected chi connectivity index (χ4v) is 5.87. The van der Waals surface area contributed by atoms with Crippen LogP contribution in [-0.2, 0) is 4.74 Å². The van der Waals surface area contributed by atoms with Gasteiger partial charge >= 0.3 is 0 Å². The van der Waals surface area contributed by atoms with Crippen LogP contribution in [0.25, 0.3) is 27.3 Å². The number of ether oxygens (including phenoxy) is 1. The molecular formula is C23H31N7OS. The molecule has 5 heterocycles. The lowest BCUT2D eigenvalue weighted by molar-refractivity contribution is 0.136. The first-order valence-electron chi connectivity index (χ1n) is 11.3. The van der Waals surface area contributed by atoms with E-state index in [1.165, 1.54) is 5.56 Å². The molecule has 32 heavy (non-hydrogen) atoms. The monoisotopic (exact) mass is 453 g/mol. The average molecular weight is 454 g/mol. The van der Waals surface area contributed by atoms with Crippen LogP contribution in [0.3, 0.4) is 0 Å². The number of thiazole rings is 1. The Morgan fingerprint density at radius 2 is 2.16 bits per heavy atom. The van der Waals surface area contributed by atoms with E-state index in [9.17, 15) is 0 Å². The molecule has 0 aliphatic carbocycles. The van der Waals surface area contributed by atoms with Crippen molar-refractivity contribution in [2.24, 2.45) is 0 Å². The Hall–Kier alpha value is -2.49. The van der Waals surface area contributed by atoms with E-state index in [1.807, 2.05) is 4.52 Å². The zero-order chi connectivity index (χ0) is 22.4. The van der Waals surface area contributed by atoms with Gasteiger partial charge in [-0.2, -0.15) is 5.10 Å². The zero-order valence-corrected chi connectivity index (χ0v) is 20.2. The summed E-state index contributed by atoms with van der Waals surface area (Å²) in [6.07, 6.45) is 3.66. The third kappa shape index (κ3) is 3.68. The highest BCUT2D eigenvalue weighted by Crippen LogP contribution is 2.40. The number of pyridine rings is 1. The third-order valence-corrected chi connectivity index (χ3v) is 7.38. The number of nitrogens with one attached hydrogen (secondary N) is 1. The SMILES string of the molecule is COCCN1CCN(c2nc3c(C(C)C)c(-c4cc(C)c5ncnn5c4)[nH]c3s2)[C@H](C)C1. The van der Waals surface area contributed by atoms with Gasteiger partial charge in [-0.05, 0) is 31.4 Å². The van der Waals surface area contributed by atoms with Crippen LogP contribution in [0.4, 0.5) is 5.13 Å². The normalized spacial score (nSPS) is 17.9. The van der Waals surface area contributed by atoms with Gasteiger partial charge in [0.15, 0.2) is 10.8 Å². The van der Waals surface area contributed by atoms with E-state index >= 15 is 0 Å². The summed E-state index contributed by atoms with van der Waals surface area (Å²) in [4.78, 5) is 19.3. The van der Waals surface area contributed by atoms with Crippen molar-refractivity contribution in [1.82, 2.24) is 29.5 Å². The second-order valence-corrected chi connectivity index (χ2v) is 10.00. The molecule has 0 unspecified atom stereocenters. The first kappa shape index (κ1) is 21.4. The lowest BCUT2D eigenvalue weighted by atomic mass is 9.99. The maximum atomic E-state index is 5.25. The van der Waals surface area contributed by atoms with Crippen LogP contribution in [-0.4, -0.2) is 75.4 Å². The number of anilines is 1. The van der Waals surface area contributed by atoms with E-state index in [4.69, 9.17) is 9.72 Å². The molecule has 170 valence electrons. The number of rotatable bonds is 6. The molecule has 9 heteroatoms. The molecule has 0 bridgehead atoms. The quantitative estimate of drug-likeness (QED) is 0.477. The van der Waals surface area contributed by atoms with E-state index in [-0.39, 0.29) is 0 Å². The van der Waals surface area contributed by atoms with Gasteiger partial charge < -0.3 is 14.6 Å². The second-order valence-electron chi connectivity index (χ2n) is 9.02. The average Bonchev–Trinajstić information content (AvgIpc) is 3.46. The van der Waals surface area contributed by atoms with E-state index < -0.39 is 0 Å². The van der Waals surface area contributed by atoms with Gasteiger partial charge in [-0.15, -0.1) is 0 Å². The number of hydrogen-bond acceptors (Lipinski definition) is 7. The minimum atomic E-state index is 0.351. The van der Waals surface area contributed by atoms with Crippen molar-refractivity contribution in [1.29, 1.82) is 0 Å². The van der Waals surface area contributed by atoms with Crippen LogP contribution in [0, 0.1) is 6.92 Å². The van der Waals surface area contributed by atoms with E-state index in [2.05, 4.69) is 64.8 Å². The number of aromatic amines is 1. The molecule has 1 N–H and O–H groups in total. The third-order valence-electron chi connectivity index (χ3n) is 6.37. The van der Waals surface area contributed by atoms with Gasteiger partial charge in [0.25, 0.3) is 0 Å². The highest BCUT2D eigenvalue weighted by Gasteiger charge is 2.28. The molecule has 0 spiro atoms. The van der Waals surface area contributed by atoms with Crippen molar-refractivity contribution in [2.45, 2.75) is 39.7 Å². The Labute approximate surface area is 192 Å². The molecule has 4 aromatic rings. The van der Waals surface area contributed by atoms with Crippen LogP contribution >= 0.6 is 11.3 Å². The molecule has 0 amide bonds. The molecule has 1 aliphatic heterocycles. The molecular weight excluding hydrogens is 422 g/mol. The number of methoxy groups -OCH3 is 1. The Bertz CT molecular complexity index is 1240. The molecule has 1 saturated heterocycles. The number of aromatic nitrogens is 5. The Morgan fingerprint density at radius 1 is 1.31 bits per heavy atom. The standard InChI is InChI=1S/C23H31N7OS/c1-14(2)18-19(17-10-15(3)21-24-13-25-30(21)12-17)26-22-20(18)27-23(32-22)29-7-6-28(8-9-31-5)11-16(29)4/h10,12-14,16,26H,6-9,11H2,1-5H3/t16-/m1/s1. The van der Waals surface area contributed by atoms with Gasteiger partial charge in [0, 0.05) is 56.7 Å². The Morgan fingerprint density at radius 3 is 2.91 bits per heavy atom. The Balaban J connectivity index is 1.49. The predicted molar refractivity (Wildman–Crippen MR) is 130 cm³/mol. The molecule has 1 atom stereocenters. The van der Waals surface area contributed by atoms with Crippen molar-refractivity contribution in [3.63, 3.8) is 0 Å². The first-order valence-corrected chi connectivity index (χ1v) is 12.1. The van der Waals surface area contributed by atoms with E-state index in [1.54, 1.807) is 24.8 Å². The van der Waals surface area contributed by atoms with Crippen LogP contribution in [0.5, 0.6) is 0 Å². The molecule has 0 saturated carbocycles. The summed E-state index contributed by atoms with van der Waals surface area (Å²) < 4.78 is 7.11. The Kier molecular flexibility index (Phi) is 5.65. The van der Waals surface area contributed by atoms with E-state index in [0.717, 1.165) is 70.7 Å². The number of piperazine rings is 1. The number of nitrogens with zero attached hydrogens (tertiary/aromatic N) is 6. The summed E-state index contributed by atoms with van der Waals surface area (Å²) in [5.41, 5.74) is 6.64. The number of hydrogen-bond donors (Lipinski definition) is 1. The minimum absolute atomic E-state index is 0.351. The van der Waals surface area contributed by atoms with E-state index in [0.29, 0.717) is 12.0 Å². The van der Waals surface area contributed by atoms with Crippen LogP contribution in [0.2, 0.25) is 0 Å². The van der Waals surface area contributed by atoms with Gasteiger partial charge in [-0.25, -0.2) is 14.5 Å². The number of aryl methyl sites for hydroxylation is 1. The highest BCUT2D eigenvalue weighted by atomic mass is 32.1. The van der Waals surface area contributed by atoms with Crippen molar-refractivity contribution >= 4 is 32.5 Å². The summed E-state index contributed by atoms with van der Waals surface area (Å²) in [6.45, 7) is 13.7. The lowest BCUT2D eigenvalue weighted by Gasteiger charge is -2.39. The van der Waals surface area contributed by atoms with Crippen LogP contribution in [0.1, 0.15) is 37.8 Å². The number of H-pyrrole nitrogens is 1. The van der Waals surface area contributed by atoms with Crippen molar-refractivity contribution in [3.8, 4) is 11.3 Å². The fourth-order valence-electron chi connectivity index (χ4n) is 4.76. The maximum absolute atomic E-state index is 5.25. The van der Waals surface area contributed by atoms with Gasteiger partial charge in [0.2, 0.25) is 0 Å². The van der Waals surface area contributed by atoms with Crippen molar-refractivity contribution in [2.75, 3.05) is 44.8 Å². The summed E-state index contributed by atoms with van der Waals surface area (Å²) in [5.74, 6) is 0.351. The largest absolute Gasteiger partial charge is 0.383 e. The zero-order valence-electron chi connectivity index (χ0n) is 19.4. The summed E-state index contributed by atoms with van der Waals surface area (Å²) in [6, 6.07) is 2.61. The molecule has 0 radical (unpaired) electrons. The smallest absolute Gasteiger partial charge is 0.188 e. The molecule has 1 fully saturated rings. The van der Waals surface area contributed by atoms with Crippen molar-refractivity contribution < 1.29 is 4.74 Å².